The van der Waals surface area contributed by atoms with Crippen LogP contribution in [0.15, 0.2) is 73.1 Å². The van der Waals surface area contributed by atoms with Crippen LogP contribution in [0, 0.1) is 0 Å². The molecule has 2 N–H and O–H groups in total. The van der Waals surface area contributed by atoms with Gasteiger partial charge in [-0.15, -0.1) is 0 Å². The Morgan fingerprint density at radius 2 is 1.42 bits per heavy atom. The van der Waals surface area contributed by atoms with Crippen LogP contribution in [0.4, 0.5) is 0 Å². The van der Waals surface area contributed by atoms with Gasteiger partial charge in [-0.05, 0) is 46.4 Å². The molecule has 0 aliphatic heterocycles. The van der Waals surface area contributed by atoms with Gasteiger partial charge in [-0.2, -0.15) is 0 Å². The molecule has 3 nitrogen and oxygen atoms in total. The van der Waals surface area contributed by atoms with Gasteiger partial charge in [0.05, 0.1) is 0 Å². The van der Waals surface area contributed by atoms with Gasteiger partial charge in [0.2, 0.25) is 5.91 Å². The maximum absolute atomic E-state index is 12.0. The molecule has 1 aromatic heterocycles. The number of amides is 1. The molecule has 1 aliphatic rings. The Morgan fingerprint density at radius 1 is 0.875 bits per heavy atom. The Bertz CT molecular complexity index is 857. The van der Waals surface area contributed by atoms with Crippen LogP contribution >= 0.6 is 0 Å². The van der Waals surface area contributed by atoms with Gasteiger partial charge in [-0.1, -0.05) is 48.5 Å². The van der Waals surface area contributed by atoms with Crippen LogP contribution in [-0.4, -0.2) is 10.9 Å². The minimum absolute atomic E-state index is 0.282. The molecule has 0 radical (unpaired) electrons. The van der Waals surface area contributed by atoms with Gasteiger partial charge in [0, 0.05) is 24.2 Å². The molecular formula is C21H18N2O. The number of benzene rings is 2. The zero-order chi connectivity index (χ0) is 16.6. The zero-order valence-electron chi connectivity index (χ0n) is 13.3. The largest absolute Gasteiger partial charge is 0.370 e. The van der Waals surface area contributed by atoms with E-state index in [9.17, 15) is 4.79 Å². The molecule has 0 spiro atoms. The summed E-state index contributed by atoms with van der Waals surface area (Å²) in [7, 11) is 0. The Labute approximate surface area is 141 Å². The first-order valence-corrected chi connectivity index (χ1v) is 8.07. The van der Waals surface area contributed by atoms with Crippen molar-refractivity contribution in [3.63, 3.8) is 0 Å². The van der Waals surface area contributed by atoms with Crippen molar-refractivity contribution in [3.05, 3.63) is 89.7 Å². The van der Waals surface area contributed by atoms with Crippen molar-refractivity contribution in [1.29, 1.82) is 0 Å². The number of rotatable bonds is 4. The summed E-state index contributed by atoms with van der Waals surface area (Å²) in [4.78, 5) is 16.1. The molecule has 1 aliphatic carbocycles. The fourth-order valence-corrected chi connectivity index (χ4v) is 4.01. The predicted octanol–water partition coefficient (Wildman–Crippen LogP) is 3.47. The molecule has 2 aromatic carbocycles. The van der Waals surface area contributed by atoms with Crippen molar-refractivity contribution in [1.82, 2.24) is 4.98 Å². The SMILES string of the molecule is NC(=O)CC1(Cc2ccncc2)c2ccccc2-c2ccccc21. The number of nitrogens with zero attached hydrogens (tertiary/aromatic N) is 1. The number of fused-ring (bicyclic) bond motifs is 3. The molecule has 3 aromatic rings. The lowest BCUT2D eigenvalue weighted by Crippen LogP contribution is -2.34. The molecule has 24 heavy (non-hydrogen) atoms. The highest BCUT2D eigenvalue weighted by Crippen LogP contribution is 2.52. The highest BCUT2D eigenvalue weighted by Gasteiger charge is 2.43. The highest BCUT2D eigenvalue weighted by molar-refractivity contribution is 5.86. The summed E-state index contributed by atoms with van der Waals surface area (Å²) in [5.41, 5.74) is 11.2. The Balaban J connectivity index is 1.97. The molecule has 4 rings (SSSR count). The van der Waals surface area contributed by atoms with E-state index in [0.29, 0.717) is 6.42 Å². The summed E-state index contributed by atoms with van der Waals surface area (Å²) in [6.45, 7) is 0. The van der Waals surface area contributed by atoms with E-state index >= 15 is 0 Å². The number of pyridine rings is 1. The van der Waals surface area contributed by atoms with E-state index in [1.165, 1.54) is 22.3 Å². The molecule has 3 heteroatoms. The Kier molecular flexibility index (Phi) is 3.42. The average Bonchev–Trinajstić information content (AvgIpc) is 2.86. The molecular weight excluding hydrogens is 296 g/mol. The molecule has 0 bridgehead atoms. The van der Waals surface area contributed by atoms with Crippen molar-refractivity contribution in [2.24, 2.45) is 5.73 Å². The summed E-state index contributed by atoms with van der Waals surface area (Å²) >= 11 is 0. The summed E-state index contributed by atoms with van der Waals surface area (Å²) < 4.78 is 0. The lowest BCUT2D eigenvalue weighted by Gasteiger charge is -2.31. The second-order valence-electron chi connectivity index (χ2n) is 6.35. The van der Waals surface area contributed by atoms with Crippen molar-refractivity contribution in [2.75, 3.05) is 0 Å². The monoisotopic (exact) mass is 314 g/mol. The number of primary amides is 1. The summed E-state index contributed by atoms with van der Waals surface area (Å²) in [6, 6.07) is 20.7. The number of hydrogen-bond donors (Lipinski definition) is 1. The van der Waals surface area contributed by atoms with Crippen molar-refractivity contribution < 1.29 is 4.79 Å². The van der Waals surface area contributed by atoms with Crippen molar-refractivity contribution in [2.45, 2.75) is 18.3 Å². The average molecular weight is 314 g/mol. The first kappa shape index (κ1) is 14.6. The van der Waals surface area contributed by atoms with Crippen molar-refractivity contribution in [3.8, 4) is 11.1 Å². The van der Waals surface area contributed by atoms with Gasteiger partial charge < -0.3 is 5.73 Å². The van der Waals surface area contributed by atoms with E-state index in [1.807, 2.05) is 36.4 Å². The zero-order valence-corrected chi connectivity index (χ0v) is 13.3. The third kappa shape index (κ3) is 2.21. The van der Waals surface area contributed by atoms with Crippen molar-refractivity contribution >= 4 is 5.91 Å². The molecule has 0 unspecified atom stereocenters. The Morgan fingerprint density at radius 3 is 1.96 bits per heavy atom. The maximum Gasteiger partial charge on any atom is 0.218 e. The van der Waals surface area contributed by atoms with Gasteiger partial charge in [0.1, 0.15) is 0 Å². The number of aromatic nitrogens is 1. The predicted molar refractivity (Wildman–Crippen MR) is 94.4 cm³/mol. The van der Waals surface area contributed by atoms with Crippen LogP contribution in [-0.2, 0) is 16.6 Å². The van der Waals surface area contributed by atoms with E-state index in [2.05, 4.69) is 29.2 Å². The fourth-order valence-electron chi connectivity index (χ4n) is 4.01. The number of hydrogen-bond acceptors (Lipinski definition) is 2. The smallest absolute Gasteiger partial charge is 0.218 e. The minimum Gasteiger partial charge on any atom is -0.370 e. The van der Waals surface area contributed by atoms with E-state index in [-0.39, 0.29) is 5.91 Å². The standard InChI is InChI=1S/C21H18N2O/c22-20(24)14-21(13-15-9-11-23-12-10-15)18-7-3-1-5-16(18)17-6-2-4-8-19(17)21/h1-12H,13-14H2,(H2,22,24). The van der Waals surface area contributed by atoms with E-state index in [0.717, 1.165) is 12.0 Å². The third-order valence-corrected chi connectivity index (χ3v) is 4.91. The van der Waals surface area contributed by atoms with Crippen LogP contribution in [0.3, 0.4) is 0 Å². The first-order chi connectivity index (χ1) is 11.7. The van der Waals surface area contributed by atoms with Crippen LogP contribution in [0.2, 0.25) is 0 Å². The number of nitrogens with two attached hydrogens (primary N) is 1. The van der Waals surface area contributed by atoms with E-state index in [1.54, 1.807) is 12.4 Å². The lowest BCUT2D eigenvalue weighted by molar-refractivity contribution is -0.118. The molecule has 0 fully saturated rings. The van der Waals surface area contributed by atoms with E-state index in [4.69, 9.17) is 5.73 Å². The van der Waals surface area contributed by atoms with Gasteiger partial charge >= 0.3 is 0 Å². The summed E-state index contributed by atoms with van der Waals surface area (Å²) in [5.74, 6) is -0.282. The van der Waals surface area contributed by atoms with Crippen LogP contribution in [0.25, 0.3) is 11.1 Å². The lowest BCUT2D eigenvalue weighted by atomic mass is 9.71. The summed E-state index contributed by atoms with van der Waals surface area (Å²) in [5, 5.41) is 0. The highest BCUT2D eigenvalue weighted by atomic mass is 16.1. The molecule has 118 valence electrons. The second kappa shape index (κ2) is 5.60. The number of carbonyl (C=O) groups is 1. The van der Waals surface area contributed by atoms with Crippen LogP contribution in [0.5, 0.6) is 0 Å². The van der Waals surface area contributed by atoms with Gasteiger partial charge in [0.25, 0.3) is 0 Å². The number of carbonyl (C=O) groups excluding carboxylic acids is 1. The van der Waals surface area contributed by atoms with Gasteiger partial charge in [-0.3, -0.25) is 9.78 Å². The van der Waals surface area contributed by atoms with Crippen LogP contribution in [0.1, 0.15) is 23.1 Å². The molecule has 0 saturated heterocycles. The minimum atomic E-state index is -0.416. The third-order valence-electron chi connectivity index (χ3n) is 4.91. The molecule has 0 saturated carbocycles. The molecule has 1 heterocycles. The van der Waals surface area contributed by atoms with Gasteiger partial charge in [-0.25, -0.2) is 0 Å². The molecule has 1 amide bonds. The first-order valence-electron chi connectivity index (χ1n) is 8.07. The Hall–Kier alpha value is -2.94. The summed E-state index contributed by atoms with van der Waals surface area (Å²) in [6.07, 6.45) is 4.61. The normalized spacial score (nSPS) is 14.0. The topological polar surface area (TPSA) is 56.0 Å². The maximum atomic E-state index is 12.0. The van der Waals surface area contributed by atoms with Crippen LogP contribution < -0.4 is 5.73 Å². The van der Waals surface area contributed by atoms with E-state index < -0.39 is 5.41 Å². The molecule has 0 atom stereocenters. The second-order valence-corrected chi connectivity index (χ2v) is 6.35. The van der Waals surface area contributed by atoms with Gasteiger partial charge in [0.15, 0.2) is 0 Å². The quantitative estimate of drug-likeness (QED) is 0.801. The fraction of sp³-hybridized carbons (Fsp3) is 0.143.